The molecule has 0 fully saturated rings. The summed E-state index contributed by atoms with van der Waals surface area (Å²) >= 11 is 11.3. The first-order valence-electron chi connectivity index (χ1n) is 3.61. The molecule has 0 saturated carbocycles. The zero-order chi connectivity index (χ0) is 8.69. The van der Waals surface area contributed by atoms with E-state index in [0.29, 0.717) is 12.4 Å². The second-order valence-corrected chi connectivity index (χ2v) is 3.36. The smallest absolute Gasteiger partial charge is 0.216 e. The Kier molecular flexibility index (Phi) is 6.77. The van der Waals surface area contributed by atoms with Crippen LogP contribution in [0.4, 0.5) is 0 Å². The van der Waals surface area contributed by atoms with E-state index in [0.717, 1.165) is 12.8 Å². The van der Waals surface area contributed by atoms with Gasteiger partial charge >= 0.3 is 0 Å². The van der Waals surface area contributed by atoms with Crippen LogP contribution in [0.25, 0.3) is 0 Å². The molecule has 0 bridgehead atoms. The maximum Gasteiger partial charge on any atom is 0.216 e. The van der Waals surface area contributed by atoms with Crippen molar-refractivity contribution in [2.45, 2.75) is 25.1 Å². The van der Waals surface area contributed by atoms with Crippen molar-refractivity contribution >= 4 is 29.1 Å². The molecule has 0 radical (unpaired) electrons. The minimum Gasteiger partial charge on any atom is -0.355 e. The molecular formula is C7H13Cl2NO. The van der Waals surface area contributed by atoms with E-state index in [4.69, 9.17) is 23.2 Å². The molecule has 0 aliphatic rings. The molecule has 0 aliphatic carbocycles. The van der Waals surface area contributed by atoms with Crippen LogP contribution in [0.15, 0.2) is 0 Å². The lowest BCUT2D eigenvalue weighted by Crippen LogP contribution is -2.27. The van der Waals surface area contributed by atoms with E-state index in [1.54, 1.807) is 0 Å². The fraction of sp³-hybridized carbons (Fsp3) is 0.857. The number of halogens is 2. The van der Waals surface area contributed by atoms with Crippen LogP contribution < -0.4 is 5.32 Å². The summed E-state index contributed by atoms with van der Waals surface area (Å²) in [5, 5.41) is 2.65. The lowest BCUT2D eigenvalue weighted by atomic mass is 10.2. The van der Waals surface area contributed by atoms with Gasteiger partial charge in [-0.2, -0.15) is 0 Å². The van der Waals surface area contributed by atoms with Crippen molar-refractivity contribution in [3.8, 4) is 0 Å². The van der Waals surface area contributed by atoms with Gasteiger partial charge in [-0.15, -0.1) is 23.2 Å². The van der Waals surface area contributed by atoms with Gasteiger partial charge in [-0.05, 0) is 12.8 Å². The van der Waals surface area contributed by atoms with Crippen LogP contribution >= 0.6 is 23.2 Å². The number of alkyl halides is 2. The standard InChI is InChI=1S/C7H13Cl2NO/c1-6(11)10-5-7(9)3-2-4-8/h7H,2-5H2,1H3,(H,10,11). The molecule has 1 amide bonds. The zero-order valence-electron chi connectivity index (χ0n) is 6.57. The number of nitrogens with one attached hydrogen (secondary N) is 1. The number of carbonyl (C=O) groups excluding carboxylic acids is 1. The summed E-state index contributed by atoms with van der Waals surface area (Å²) in [6, 6.07) is 0. The minimum atomic E-state index is -0.0403. The minimum absolute atomic E-state index is 0.0117. The Morgan fingerprint density at radius 1 is 1.64 bits per heavy atom. The van der Waals surface area contributed by atoms with E-state index in [2.05, 4.69) is 5.32 Å². The first-order valence-corrected chi connectivity index (χ1v) is 4.58. The molecular weight excluding hydrogens is 185 g/mol. The third-order valence-electron chi connectivity index (χ3n) is 1.22. The van der Waals surface area contributed by atoms with Crippen molar-refractivity contribution in [1.29, 1.82) is 0 Å². The van der Waals surface area contributed by atoms with Crippen LogP contribution in [0.3, 0.4) is 0 Å². The molecule has 0 aromatic rings. The van der Waals surface area contributed by atoms with E-state index < -0.39 is 0 Å². The second-order valence-electron chi connectivity index (χ2n) is 2.37. The number of amides is 1. The molecule has 0 aliphatic heterocycles. The fourth-order valence-electron chi connectivity index (χ4n) is 0.655. The third-order valence-corrected chi connectivity index (χ3v) is 1.86. The predicted octanol–water partition coefficient (Wildman–Crippen LogP) is 1.75. The van der Waals surface area contributed by atoms with E-state index in [1.165, 1.54) is 6.92 Å². The van der Waals surface area contributed by atoms with Gasteiger partial charge < -0.3 is 5.32 Å². The van der Waals surface area contributed by atoms with Gasteiger partial charge in [0, 0.05) is 19.3 Å². The van der Waals surface area contributed by atoms with E-state index >= 15 is 0 Å². The largest absolute Gasteiger partial charge is 0.355 e. The lowest BCUT2D eigenvalue weighted by Gasteiger charge is -2.07. The van der Waals surface area contributed by atoms with Crippen molar-refractivity contribution in [2.24, 2.45) is 0 Å². The zero-order valence-corrected chi connectivity index (χ0v) is 8.08. The topological polar surface area (TPSA) is 29.1 Å². The van der Waals surface area contributed by atoms with Crippen molar-refractivity contribution in [2.75, 3.05) is 12.4 Å². The summed E-state index contributed by atoms with van der Waals surface area (Å²) in [7, 11) is 0. The molecule has 0 spiro atoms. The second kappa shape index (κ2) is 6.74. The summed E-state index contributed by atoms with van der Waals surface area (Å²) in [6.45, 7) is 2.01. The van der Waals surface area contributed by atoms with Gasteiger partial charge in [0.15, 0.2) is 0 Å². The highest BCUT2D eigenvalue weighted by Gasteiger charge is 2.03. The van der Waals surface area contributed by atoms with Gasteiger partial charge in [0.1, 0.15) is 0 Å². The van der Waals surface area contributed by atoms with Crippen molar-refractivity contribution < 1.29 is 4.79 Å². The van der Waals surface area contributed by atoms with Crippen LogP contribution in [0.2, 0.25) is 0 Å². The van der Waals surface area contributed by atoms with Gasteiger partial charge in [-0.3, -0.25) is 4.79 Å². The summed E-state index contributed by atoms with van der Waals surface area (Å²) in [4.78, 5) is 10.4. The fourth-order valence-corrected chi connectivity index (χ4v) is 1.04. The summed E-state index contributed by atoms with van der Waals surface area (Å²) in [5.41, 5.74) is 0. The Morgan fingerprint density at radius 3 is 2.73 bits per heavy atom. The van der Waals surface area contributed by atoms with Crippen LogP contribution in [0.1, 0.15) is 19.8 Å². The summed E-state index contributed by atoms with van der Waals surface area (Å²) in [5.74, 6) is 0.588. The average molecular weight is 198 g/mol. The highest BCUT2D eigenvalue weighted by molar-refractivity contribution is 6.21. The van der Waals surface area contributed by atoms with Crippen molar-refractivity contribution in [3.05, 3.63) is 0 Å². The highest BCUT2D eigenvalue weighted by Crippen LogP contribution is 2.04. The van der Waals surface area contributed by atoms with Gasteiger partial charge in [-0.1, -0.05) is 0 Å². The Morgan fingerprint density at radius 2 is 2.27 bits per heavy atom. The Balaban J connectivity index is 3.22. The molecule has 2 nitrogen and oxygen atoms in total. The van der Waals surface area contributed by atoms with Crippen LogP contribution in [-0.2, 0) is 4.79 Å². The van der Waals surface area contributed by atoms with E-state index in [9.17, 15) is 4.79 Å². The average Bonchev–Trinajstić information content (AvgIpc) is 1.97. The van der Waals surface area contributed by atoms with Gasteiger partial charge in [0.05, 0.1) is 5.38 Å². The van der Waals surface area contributed by atoms with Gasteiger partial charge in [-0.25, -0.2) is 0 Å². The number of hydrogen-bond acceptors (Lipinski definition) is 1. The number of rotatable bonds is 5. The molecule has 4 heteroatoms. The summed E-state index contributed by atoms with van der Waals surface area (Å²) in [6.07, 6.45) is 1.75. The Labute approximate surface area is 77.2 Å². The molecule has 11 heavy (non-hydrogen) atoms. The van der Waals surface area contributed by atoms with Gasteiger partial charge in [0.25, 0.3) is 0 Å². The van der Waals surface area contributed by atoms with Crippen LogP contribution in [0, 0.1) is 0 Å². The first kappa shape index (κ1) is 11.1. The molecule has 0 aromatic heterocycles. The first-order chi connectivity index (χ1) is 5.16. The number of hydrogen-bond donors (Lipinski definition) is 1. The van der Waals surface area contributed by atoms with Crippen LogP contribution in [0.5, 0.6) is 0 Å². The number of carbonyl (C=O) groups is 1. The van der Waals surface area contributed by atoms with E-state index in [-0.39, 0.29) is 11.3 Å². The third kappa shape index (κ3) is 7.95. The van der Waals surface area contributed by atoms with E-state index in [1.807, 2.05) is 0 Å². The molecule has 0 aromatic carbocycles. The quantitative estimate of drug-likeness (QED) is 0.670. The normalized spacial score (nSPS) is 12.6. The predicted molar refractivity (Wildman–Crippen MR) is 48.3 cm³/mol. The Hall–Kier alpha value is 0.0500. The van der Waals surface area contributed by atoms with Crippen molar-refractivity contribution in [1.82, 2.24) is 5.32 Å². The van der Waals surface area contributed by atoms with Crippen molar-refractivity contribution in [3.63, 3.8) is 0 Å². The summed E-state index contributed by atoms with van der Waals surface area (Å²) < 4.78 is 0. The molecule has 0 rings (SSSR count). The molecule has 1 unspecified atom stereocenters. The molecule has 0 saturated heterocycles. The Bertz CT molecular complexity index is 119. The monoisotopic (exact) mass is 197 g/mol. The SMILES string of the molecule is CC(=O)NCC(Cl)CCCCl. The van der Waals surface area contributed by atoms with Gasteiger partial charge in [0.2, 0.25) is 5.91 Å². The molecule has 66 valence electrons. The van der Waals surface area contributed by atoms with Crippen LogP contribution in [-0.4, -0.2) is 23.7 Å². The molecule has 1 atom stereocenters. The lowest BCUT2D eigenvalue weighted by molar-refractivity contribution is -0.118. The maximum atomic E-state index is 10.4. The maximum absolute atomic E-state index is 10.4. The molecule has 0 heterocycles. The highest BCUT2D eigenvalue weighted by atomic mass is 35.5. The molecule has 1 N–H and O–H groups in total.